The number of unbranched alkanes of at least 4 members (excludes halogenated alkanes) is 3. The third kappa shape index (κ3) is 6.50. The molecular weight excluding hydrogens is 456 g/mol. The Hall–Kier alpha value is -3.23. The molecule has 0 amide bonds. The second-order valence-electron chi connectivity index (χ2n) is 9.35. The lowest BCUT2D eigenvalue weighted by atomic mass is 9.90. The number of esters is 1. The first kappa shape index (κ1) is 25.9. The zero-order chi connectivity index (χ0) is 25.3. The van der Waals surface area contributed by atoms with E-state index in [0.29, 0.717) is 24.2 Å². The first-order valence-corrected chi connectivity index (χ1v) is 12.8. The fourth-order valence-electron chi connectivity index (χ4n) is 4.78. The van der Waals surface area contributed by atoms with Gasteiger partial charge in [0.1, 0.15) is 18.1 Å². The van der Waals surface area contributed by atoms with Gasteiger partial charge in [0.05, 0.1) is 31.0 Å². The minimum atomic E-state index is -0.578. The van der Waals surface area contributed by atoms with Crippen LogP contribution in [0.2, 0.25) is 0 Å². The first-order chi connectivity index (χ1) is 17.6. The fraction of sp³-hybridized carbons (Fsp3) is 0.464. The molecule has 0 unspecified atom stereocenters. The molecule has 36 heavy (non-hydrogen) atoms. The molecule has 192 valence electrons. The number of aliphatic hydroxyl groups is 1. The number of likely N-dealkylation sites (tertiary alicyclic amines) is 1. The van der Waals surface area contributed by atoms with Crippen molar-refractivity contribution in [3.05, 3.63) is 77.6 Å². The summed E-state index contributed by atoms with van der Waals surface area (Å²) in [4.78, 5) is 14.7. The Bertz CT molecular complexity index is 1090. The number of nitrogens with zero attached hydrogens (tertiary/aromatic N) is 4. The van der Waals surface area contributed by atoms with Crippen molar-refractivity contribution in [2.75, 3.05) is 20.2 Å². The van der Waals surface area contributed by atoms with Crippen LogP contribution in [0.25, 0.3) is 0 Å². The van der Waals surface area contributed by atoms with Crippen LogP contribution in [0.3, 0.4) is 0 Å². The van der Waals surface area contributed by atoms with Gasteiger partial charge in [-0.1, -0.05) is 61.7 Å². The van der Waals surface area contributed by atoms with Crippen molar-refractivity contribution in [1.29, 1.82) is 0 Å². The Morgan fingerprint density at radius 3 is 2.58 bits per heavy atom. The smallest absolute Gasteiger partial charge is 0.338 e. The lowest BCUT2D eigenvalue weighted by molar-refractivity contribution is -0.00779. The van der Waals surface area contributed by atoms with E-state index in [1.807, 2.05) is 18.2 Å². The zero-order valence-corrected chi connectivity index (χ0v) is 21.1. The maximum Gasteiger partial charge on any atom is 0.338 e. The SMILES string of the molecule is CCCCCCN1C[C@H](n2cc(COC(=O)c3ccccc3)nn2)[C@@H](O)C[C@H]1c1ccc(OC)cc1. The van der Waals surface area contributed by atoms with Gasteiger partial charge in [-0.05, 0) is 49.2 Å². The summed E-state index contributed by atoms with van der Waals surface area (Å²) in [7, 11) is 1.67. The fourth-order valence-corrected chi connectivity index (χ4v) is 4.78. The van der Waals surface area contributed by atoms with Gasteiger partial charge in [-0.25, -0.2) is 9.48 Å². The number of aromatic nitrogens is 3. The molecule has 1 N–H and O–H groups in total. The van der Waals surface area contributed by atoms with Crippen molar-refractivity contribution in [2.24, 2.45) is 0 Å². The van der Waals surface area contributed by atoms with Gasteiger partial charge in [0.25, 0.3) is 0 Å². The largest absolute Gasteiger partial charge is 0.497 e. The summed E-state index contributed by atoms with van der Waals surface area (Å²) in [6, 6.07) is 16.9. The topological polar surface area (TPSA) is 89.7 Å². The van der Waals surface area contributed by atoms with Crippen LogP contribution in [0.5, 0.6) is 5.75 Å². The van der Waals surface area contributed by atoms with E-state index in [2.05, 4.69) is 34.3 Å². The van der Waals surface area contributed by atoms with Crippen LogP contribution >= 0.6 is 0 Å². The van der Waals surface area contributed by atoms with Gasteiger partial charge < -0.3 is 14.6 Å². The molecule has 0 aliphatic carbocycles. The standard InChI is InChI=1S/C28H36N4O4/c1-3-4-5-9-16-31-19-26(27(33)17-25(31)21-12-14-24(35-2)15-13-21)32-18-23(29-30-32)20-36-28(34)22-10-7-6-8-11-22/h6-8,10-15,18,25-27,33H,3-5,9,16-17,19-20H2,1-2H3/t25-,26-,27-/m0/s1. The van der Waals surface area contributed by atoms with Gasteiger partial charge in [0.2, 0.25) is 0 Å². The summed E-state index contributed by atoms with van der Waals surface area (Å²) >= 11 is 0. The van der Waals surface area contributed by atoms with E-state index < -0.39 is 12.1 Å². The summed E-state index contributed by atoms with van der Waals surface area (Å²) in [6.45, 7) is 3.87. The first-order valence-electron chi connectivity index (χ1n) is 12.8. The Labute approximate surface area is 212 Å². The molecule has 1 aliphatic heterocycles. The second-order valence-corrected chi connectivity index (χ2v) is 9.35. The number of benzene rings is 2. The van der Waals surface area contributed by atoms with Crippen LogP contribution in [0.15, 0.2) is 60.8 Å². The molecule has 0 spiro atoms. The lowest BCUT2D eigenvalue weighted by Crippen LogP contribution is -2.46. The highest BCUT2D eigenvalue weighted by atomic mass is 16.5. The summed E-state index contributed by atoms with van der Waals surface area (Å²) < 4.78 is 12.4. The summed E-state index contributed by atoms with van der Waals surface area (Å²) in [5.41, 5.74) is 2.23. The zero-order valence-electron chi connectivity index (χ0n) is 21.1. The van der Waals surface area contributed by atoms with Crippen molar-refractivity contribution in [2.45, 2.75) is 63.8 Å². The number of hydrogen-bond acceptors (Lipinski definition) is 7. The second kappa shape index (κ2) is 12.6. The molecule has 2 heterocycles. The maximum absolute atomic E-state index is 12.2. The number of ether oxygens (including phenoxy) is 2. The van der Waals surface area contributed by atoms with E-state index >= 15 is 0 Å². The lowest BCUT2D eigenvalue weighted by Gasteiger charge is -2.42. The van der Waals surface area contributed by atoms with Crippen molar-refractivity contribution < 1.29 is 19.4 Å². The number of hydrogen-bond donors (Lipinski definition) is 1. The molecular formula is C28H36N4O4. The van der Waals surface area contributed by atoms with Crippen molar-refractivity contribution >= 4 is 5.97 Å². The molecule has 3 atom stereocenters. The summed E-state index contributed by atoms with van der Waals surface area (Å²) in [6.07, 6.45) is 6.52. The molecule has 0 saturated carbocycles. The van der Waals surface area contributed by atoms with Crippen molar-refractivity contribution in [3.8, 4) is 5.75 Å². The molecule has 1 fully saturated rings. The van der Waals surface area contributed by atoms with Crippen molar-refractivity contribution in [1.82, 2.24) is 19.9 Å². The van der Waals surface area contributed by atoms with Gasteiger partial charge in [-0.2, -0.15) is 0 Å². The molecule has 1 saturated heterocycles. The average Bonchev–Trinajstić information content (AvgIpc) is 3.39. The molecule has 1 aromatic heterocycles. The molecule has 4 rings (SSSR count). The molecule has 8 heteroatoms. The van der Waals surface area contributed by atoms with Crippen LogP contribution in [-0.4, -0.2) is 57.3 Å². The molecule has 2 aromatic carbocycles. The van der Waals surface area contributed by atoms with Crippen LogP contribution in [0.4, 0.5) is 0 Å². The highest BCUT2D eigenvalue weighted by molar-refractivity contribution is 5.89. The van der Waals surface area contributed by atoms with Crippen molar-refractivity contribution in [3.63, 3.8) is 0 Å². The van der Waals surface area contributed by atoms with E-state index in [4.69, 9.17) is 9.47 Å². The van der Waals surface area contributed by atoms with Gasteiger partial charge in [-0.15, -0.1) is 5.10 Å². The summed E-state index contributed by atoms with van der Waals surface area (Å²) in [5, 5.41) is 19.6. The van der Waals surface area contributed by atoms with Gasteiger partial charge >= 0.3 is 5.97 Å². The van der Waals surface area contributed by atoms with Gasteiger partial charge in [-0.3, -0.25) is 4.90 Å². The van der Waals surface area contributed by atoms with Crippen LogP contribution in [-0.2, 0) is 11.3 Å². The van der Waals surface area contributed by atoms with Crippen LogP contribution in [0, 0.1) is 0 Å². The third-order valence-corrected chi connectivity index (χ3v) is 6.83. The monoisotopic (exact) mass is 492 g/mol. The van der Waals surface area contributed by atoms with Gasteiger partial charge in [0, 0.05) is 12.6 Å². The summed E-state index contributed by atoms with van der Waals surface area (Å²) in [5.74, 6) is 0.425. The molecule has 8 nitrogen and oxygen atoms in total. The highest BCUT2D eigenvalue weighted by Gasteiger charge is 2.36. The van der Waals surface area contributed by atoms with E-state index in [1.54, 1.807) is 42.3 Å². The Morgan fingerprint density at radius 1 is 1.08 bits per heavy atom. The minimum absolute atomic E-state index is 0.0335. The normalized spacial score (nSPS) is 20.2. The van der Waals surface area contributed by atoms with Crippen LogP contribution in [0.1, 0.15) is 72.7 Å². The molecule has 3 aromatic rings. The van der Waals surface area contributed by atoms with E-state index in [1.165, 1.54) is 24.8 Å². The van der Waals surface area contributed by atoms with Gasteiger partial charge in [0.15, 0.2) is 0 Å². The maximum atomic E-state index is 12.2. The number of rotatable bonds is 11. The molecule has 0 radical (unpaired) electrons. The van der Waals surface area contributed by atoms with E-state index in [0.717, 1.165) is 18.7 Å². The minimum Gasteiger partial charge on any atom is -0.497 e. The number of methoxy groups -OCH3 is 1. The van der Waals surface area contributed by atoms with E-state index in [-0.39, 0.29) is 18.7 Å². The Balaban J connectivity index is 1.43. The number of piperidine rings is 1. The van der Waals surface area contributed by atoms with E-state index in [9.17, 15) is 9.90 Å². The number of carbonyl (C=O) groups excluding carboxylic acids is 1. The number of carbonyl (C=O) groups is 1. The third-order valence-electron chi connectivity index (χ3n) is 6.83. The quantitative estimate of drug-likeness (QED) is 0.310. The molecule has 1 aliphatic rings. The molecule has 0 bridgehead atoms. The Morgan fingerprint density at radius 2 is 1.86 bits per heavy atom. The highest BCUT2D eigenvalue weighted by Crippen LogP contribution is 2.36. The Kier molecular flexibility index (Phi) is 9.08. The van der Waals surface area contributed by atoms with Crippen LogP contribution < -0.4 is 4.74 Å². The predicted octanol–water partition coefficient (Wildman–Crippen LogP) is 4.57. The average molecular weight is 493 g/mol. The number of aliphatic hydroxyl groups excluding tert-OH is 1. The predicted molar refractivity (Wildman–Crippen MR) is 137 cm³/mol.